The Balaban J connectivity index is 1.40. The summed E-state index contributed by atoms with van der Waals surface area (Å²) in [5.41, 5.74) is 2.81. The number of nitrogens with one attached hydrogen (secondary N) is 3. The minimum atomic E-state index is -5.29. The van der Waals surface area contributed by atoms with Crippen molar-refractivity contribution in [3.05, 3.63) is 78.1 Å². The highest BCUT2D eigenvalue weighted by molar-refractivity contribution is 5.85. The summed E-state index contributed by atoms with van der Waals surface area (Å²) in [6.45, 7) is 3.35. The van der Waals surface area contributed by atoms with Crippen molar-refractivity contribution in [3.8, 4) is 0 Å². The van der Waals surface area contributed by atoms with Crippen LogP contribution in [0.25, 0.3) is 11.2 Å². The molecule has 3 heterocycles. The molecule has 0 spiro atoms. The van der Waals surface area contributed by atoms with Crippen molar-refractivity contribution in [3.63, 3.8) is 0 Å². The smallest absolute Gasteiger partial charge is 0.451 e. The number of aromatic nitrogens is 4. The number of imidazole rings is 1. The Morgan fingerprint density at radius 2 is 1.73 bits per heavy atom. The number of rotatable bonds is 11. The number of alkyl halides is 3. The van der Waals surface area contributed by atoms with Gasteiger partial charge in [-0.25, -0.2) is 9.78 Å². The molecular weight excluding hydrogens is 641 g/mol. The molecule has 260 valence electrons. The van der Waals surface area contributed by atoms with Crippen molar-refractivity contribution in [1.29, 1.82) is 0 Å². The van der Waals surface area contributed by atoms with E-state index in [0.29, 0.717) is 36.9 Å². The van der Waals surface area contributed by atoms with Crippen molar-refractivity contribution < 1.29 is 32.6 Å². The highest BCUT2D eigenvalue weighted by Gasteiger charge is 2.51. The summed E-state index contributed by atoms with van der Waals surface area (Å²) >= 11 is 0. The monoisotopic (exact) mass is 680 g/mol. The quantitative estimate of drug-likeness (QED) is 0.174. The van der Waals surface area contributed by atoms with Crippen LogP contribution < -0.4 is 20.9 Å². The van der Waals surface area contributed by atoms with Crippen LogP contribution in [0.1, 0.15) is 49.3 Å². The zero-order valence-electron chi connectivity index (χ0n) is 27.1. The fourth-order valence-corrected chi connectivity index (χ4v) is 6.64. The Labute approximate surface area is 281 Å². The number of aliphatic hydroxyl groups is 1. The maximum absolute atomic E-state index is 13.4. The summed E-state index contributed by atoms with van der Waals surface area (Å²) in [5.74, 6) is -2.09. The van der Waals surface area contributed by atoms with Gasteiger partial charge >= 0.3 is 12.1 Å². The minimum absolute atomic E-state index is 0.0358. The molecule has 4 N–H and O–H groups in total. The molecule has 5 atom stereocenters. The van der Waals surface area contributed by atoms with Gasteiger partial charge in [0.25, 0.3) is 0 Å². The normalized spacial score (nSPS) is 22.5. The first-order chi connectivity index (χ1) is 23.6. The molecule has 6 rings (SSSR count). The number of nitrogens with zero attached hydrogens (tertiary/aromatic N) is 5. The van der Waals surface area contributed by atoms with E-state index in [1.807, 2.05) is 48.3 Å². The lowest BCUT2D eigenvalue weighted by Gasteiger charge is -2.25. The predicted molar refractivity (Wildman–Crippen MR) is 176 cm³/mol. The van der Waals surface area contributed by atoms with Crippen LogP contribution in [-0.2, 0) is 14.3 Å². The maximum Gasteiger partial charge on any atom is 0.490 e. The molecule has 49 heavy (non-hydrogen) atoms. The van der Waals surface area contributed by atoms with E-state index in [2.05, 4.69) is 45.2 Å². The van der Waals surface area contributed by atoms with Crippen molar-refractivity contribution in [2.24, 2.45) is 0 Å². The van der Waals surface area contributed by atoms with Crippen molar-refractivity contribution in [2.75, 3.05) is 36.9 Å². The van der Waals surface area contributed by atoms with Gasteiger partial charge in [-0.1, -0.05) is 67.6 Å². The summed E-state index contributed by atoms with van der Waals surface area (Å²) in [6, 6.07) is 18.2. The summed E-state index contributed by atoms with van der Waals surface area (Å²) in [7, 11) is 1.88. The van der Waals surface area contributed by atoms with Crippen LogP contribution >= 0.6 is 0 Å². The van der Waals surface area contributed by atoms with E-state index in [1.54, 1.807) is 6.92 Å². The standard InChI is InChI=1S/C34H39F3N8O4/c1-3-26(46)41-24-16-25(29(28(24)47)49-32(48)34(35,36)37)45-19-40-27-30(42-33(43-31(27)45)44-15-14-22(18-44)38-2)39-17-23(20-10-6-4-7-11-20)21-12-8-5-9-13-21/h4-13,19,22-25,28-29,38,47H,3,14-18H2,1-2H3,(H,41,46)(H,39,42,43)/t22-,24+,25-,28-,29+/m1/s1. The van der Waals surface area contributed by atoms with Gasteiger partial charge in [-0.05, 0) is 31.0 Å². The van der Waals surface area contributed by atoms with E-state index in [-0.39, 0.29) is 30.4 Å². The molecule has 2 aliphatic rings. The number of aliphatic hydroxyl groups excluding tert-OH is 1. The van der Waals surface area contributed by atoms with Gasteiger partial charge in [0.1, 0.15) is 6.10 Å². The van der Waals surface area contributed by atoms with Crippen LogP contribution in [0.5, 0.6) is 0 Å². The molecule has 4 aromatic rings. The van der Waals surface area contributed by atoms with Crippen LogP contribution in [0.3, 0.4) is 0 Å². The summed E-state index contributed by atoms with van der Waals surface area (Å²) in [6.07, 6.45) is -6.24. The molecule has 0 radical (unpaired) electrons. The minimum Gasteiger partial charge on any atom is -0.451 e. The number of hydrogen-bond donors (Lipinski definition) is 4. The first kappa shape index (κ1) is 34.1. The molecule has 12 nitrogen and oxygen atoms in total. The van der Waals surface area contributed by atoms with E-state index in [1.165, 1.54) is 10.9 Å². The van der Waals surface area contributed by atoms with Crippen molar-refractivity contribution in [1.82, 2.24) is 30.2 Å². The number of halogens is 3. The number of anilines is 2. The molecule has 1 saturated heterocycles. The highest BCUT2D eigenvalue weighted by atomic mass is 19.4. The van der Waals surface area contributed by atoms with Gasteiger partial charge in [0.2, 0.25) is 11.9 Å². The zero-order valence-corrected chi connectivity index (χ0v) is 27.1. The first-order valence-electron chi connectivity index (χ1n) is 16.3. The Kier molecular flexibility index (Phi) is 10.0. The molecule has 1 amide bonds. The Morgan fingerprint density at radius 3 is 2.33 bits per heavy atom. The Hall–Kier alpha value is -4.76. The zero-order chi connectivity index (χ0) is 34.7. The van der Waals surface area contributed by atoms with Crippen LogP contribution in [0.2, 0.25) is 0 Å². The van der Waals surface area contributed by atoms with Crippen LogP contribution in [0, 0.1) is 0 Å². The van der Waals surface area contributed by atoms with E-state index in [9.17, 15) is 27.9 Å². The average Bonchev–Trinajstić information content (AvgIpc) is 3.83. The molecule has 1 saturated carbocycles. The average molecular weight is 681 g/mol. The first-order valence-corrected chi connectivity index (χ1v) is 16.3. The molecule has 0 bridgehead atoms. The number of likely N-dealkylation sites (N-methyl/N-ethyl adjacent to an activating group) is 1. The van der Waals surface area contributed by atoms with E-state index in [4.69, 9.17) is 14.7 Å². The van der Waals surface area contributed by atoms with Gasteiger partial charge in [-0.3, -0.25) is 4.79 Å². The second-order valence-electron chi connectivity index (χ2n) is 12.4. The largest absolute Gasteiger partial charge is 0.490 e. The lowest BCUT2D eigenvalue weighted by Crippen LogP contribution is -2.45. The number of ether oxygens (including phenoxy) is 1. The third-order valence-electron chi connectivity index (χ3n) is 9.29. The van der Waals surface area contributed by atoms with Crippen molar-refractivity contribution in [2.45, 2.75) is 68.6 Å². The number of fused-ring (bicyclic) bond motifs is 1. The summed E-state index contributed by atoms with van der Waals surface area (Å²) in [4.78, 5) is 40.6. The number of esters is 1. The molecule has 2 aromatic heterocycles. The Bertz CT molecular complexity index is 1720. The van der Waals surface area contributed by atoms with Gasteiger partial charge in [-0.15, -0.1) is 0 Å². The van der Waals surface area contributed by atoms with Gasteiger partial charge in [-0.2, -0.15) is 23.1 Å². The highest BCUT2D eigenvalue weighted by Crippen LogP contribution is 2.38. The molecule has 1 aliphatic heterocycles. The molecule has 1 aliphatic carbocycles. The van der Waals surface area contributed by atoms with E-state index < -0.39 is 42.3 Å². The van der Waals surface area contributed by atoms with Gasteiger partial charge in [0, 0.05) is 38.0 Å². The van der Waals surface area contributed by atoms with Crippen LogP contribution in [-0.4, -0.2) is 93.7 Å². The molecule has 2 fully saturated rings. The third-order valence-corrected chi connectivity index (χ3v) is 9.29. The molecule has 2 aromatic carbocycles. The van der Waals surface area contributed by atoms with Crippen LogP contribution in [0.15, 0.2) is 67.0 Å². The van der Waals surface area contributed by atoms with E-state index >= 15 is 0 Å². The number of benzene rings is 2. The van der Waals surface area contributed by atoms with Crippen LogP contribution in [0.4, 0.5) is 24.9 Å². The fourth-order valence-electron chi connectivity index (χ4n) is 6.64. The molecular formula is C34H39F3N8O4. The van der Waals surface area contributed by atoms with E-state index in [0.717, 1.165) is 17.5 Å². The van der Waals surface area contributed by atoms with Crippen molar-refractivity contribution >= 4 is 34.8 Å². The maximum atomic E-state index is 13.4. The molecule has 0 unspecified atom stereocenters. The summed E-state index contributed by atoms with van der Waals surface area (Å²) < 4.78 is 46.5. The second kappa shape index (κ2) is 14.4. The molecule has 15 heteroatoms. The number of hydrogen-bond acceptors (Lipinski definition) is 10. The second-order valence-corrected chi connectivity index (χ2v) is 12.4. The number of carbonyl (C=O) groups excluding carboxylic acids is 2. The fraction of sp³-hybridized carbons (Fsp3) is 0.441. The lowest BCUT2D eigenvalue weighted by molar-refractivity contribution is -0.209. The van der Waals surface area contributed by atoms with Gasteiger partial charge in [0.15, 0.2) is 23.1 Å². The SMILES string of the molecule is CCC(=O)N[C@H]1C[C@@H](n2cnc3c(NCC(c4ccccc4)c4ccccc4)nc(N4CC[C@@H](NC)C4)nc32)[C@H](OC(=O)C(F)(F)F)[C@@H]1O. The van der Waals surface area contributed by atoms with Gasteiger partial charge in [0.05, 0.1) is 18.4 Å². The van der Waals surface area contributed by atoms with Gasteiger partial charge < -0.3 is 35.3 Å². The lowest BCUT2D eigenvalue weighted by atomic mass is 9.91. The number of carbonyl (C=O) groups is 2. The third kappa shape index (κ3) is 7.32. The predicted octanol–water partition coefficient (Wildman–Crippen LogP) is 3.54. The summed E-state index contributed by atoms with van der Waals surface area (Å²) in [5, 5.41) is 20.5. The Morgan fingerprint density at radius 1 is 1.06 bits per heavy atom. The number of amides is 1. The topological polar surface area (TPSA) is 147 Å².